The third-order valence-electron chi connectivity index (χ3n) is 0.641. The minimum absolute atomic E-state index is 0.180. The molecule has 2 nitrogen and oxygen atoms in total. The van der Waals surface area contributed by atoms with Crippen LogP contribution >= 0.6 is 15.9 Å². The van der Waals surface area contributed by atoms with Crippen LogP contribution in [0.5, 0.6) is 0 Å². The van der Waals surface area contributed by atoms with Crippen LogP contribution in [-0.4, -0.2) is 24.0 Å². The van der Waals surface area contributed by atoms with Crippen molar-refractivity contribution in [2.75, 3.05) is 5.33 Å². The van der Waals surface area contributed by atoms with Gasteiger partial charge in [-0.1, -0.05) is 15.9 Å². The number of alkyl halides is 4. The van der Waals surface area contributed by atoms with E-state index < -0.39 is 18.6 Å². The molecule has 10 heavy (non-hydrogen) atoms. The van der Waals surface area contributed by atoms with E-state index in [1.807, 2.05) is 0 Å². The Morgan fingerprint density at radius 2 is 2.00 bits per heavy atom. The number of carbonyl (C=O) groups is 1. The molecule has 0 fully saturated rings. The predicted octanol–water partition coefficient (Wildman–Crippen LogP) is 1.06. The second-order valence-corrected chi connectivity index (χ2v) is 2.00. The normalized spacial score (nSPS) is 13.3. The van der Waals surface area contributed by atoms with E-state index in [2.05, 4.69) is 15.9 Å². The summed E-state index contributed by atoms with van der Waals surface area (Å²) in [7, 11) is 0. The van der Waals surface area contributed by atoms with Crippen LogP contribution in [-0.2, 0) is 4.79 Å². The average molecular weight is 220 g/mol. The summed E-state index contributed by atoms with van der Waals surface area (Å²) in [5.41, 5.74) is 0. The van der Waals surface area contributed by atoms with Crippen molar-refractivity contribution in [2.24, 2.45) is 0 Å². The molecule has 1 unspecified atom stereocenters. The van der Waals surface area contributed by atoms with Crippen molar-refractivity contribution in [3.63, 3.8) is 0 Å². The highest BCUT2D eigenvalue weighted by molar-refractivity contribution is 9.09. The summed E-state index contributed by atoms with van der Waals surface area (Å²) >= 11 is 2.67. The summed E-state index contributed by atoms with van der Waals surface area (Å²) in [6.07, 6.45) is -5.73. The summed E-state index contributed by atoms with van der Waals surface area (Å²) in [5, 5.41) is 1.25. The molecule has 0 saturated carbocycles. The summed E-state index contributed by atoms with van der Waals surface area (Å²) in [4.78, 5) is 10.2. The lowest BCUT2D eigenvalue weighted by Crippen LogP contribution is -2.37. The first-order valence-corrected chi connectivity index (χ1v) is 3.47. The predicted molar refractivity (Wildman–Crippen MR) is 32.8 cm³/mol. The Kier molecular flexibility index (Phi) is 4.42. The minimum atomic E-state index is -3.16. The lowest BCUT2D eigenvalue weighted by Gasteiger charge is -2.06. The number of halogens is 4. The summed E-state index contributed by atoms with van der Waals surface area (Å²) in [6.45, 7) is 0. The Morgan fingerprint density at radius 1 is 1.50 bits per heavy atom. The number of carbonyl (C=O) groups excluding carboxylic acids is 1. The van der Waals surface area contributed by atoms with E-state index in [4.69, 9.17) is 0 Å². The number of hydrogen-bond donors (Lipinski definition) is 1. The van der Waals surface area contributed by atoms with Crippen molar-refractivity contribution in [1.82, 2.24) is 5.32 Å². The maximum Gasteiger partial charge on any atom is 0.287 e. The first-order valence-electron chi connectivity index (χ1n) is 2.35. The van der Waals surface area contributed by atoms with Crippen LogP contribution in [0.25, 0.3) is 0 Å². The van der Waals surface area contributed by atoms with Gasteiger partial charge in [-0.2, -0.15) is 0 Å². The number of hydrogen-bond acceptors (Lipinski definition) is 1. The van der Waals surface area contributed by atoms with Crippen LogP contribution < -0.4 is 5.32 Å². The van der Waals surface area contributed by atoms with Gasteiger partial charge in [-0.25, -0.2) is 13.2 Å². The van der Waals surface area contributed by atoms with E-state index in [9.17, 15) is 18.0 Å². The van der Waals surface area contributed by atoms with Crippen LogP contribution in [0.1, 0.15) is 0 Å². The molecule has 0 aliphatic rings. The maximum absolute atomic E-state index is 11.9. The molecule has 0 spiro atoms. The molecule has 0 rings (SSSR count). The molecule has 0 aliphatic carbocycles. The quantitative estimate of drug-likeness (QED) is 0.559. The van der Waals surface area contributed by atoms with Gasteiger partial charge in [-0.05, 0) is 0 Å². The van der Waals surface area contributed by atoms with E-state index in [0.717, 1.165) is 0 Å². The smallest absolute Gasteiger partial charge is 0.287 e. The Morgan fingerprint density at radius 3 is 2.30 bits per heavy atom. The van der Waals surface area contributed by atoms with Crippen LogP contribution in [0.3, 0.4) is 0 Å². The first kappa shape index (κ1) is 9.74. The highest BCUT2D eigenvalue weighted by Crippen LogP contribution is 2.01. The molecule has 0 radical (unpaired) electrons. The number of amides is 1. The van der Waals surface area contributed by atoms with E-state index in [0.29, 0.717) is 0 Å². The maximum atomic E-state index is 11.9. The van der Waals surface area contributed by atoms with Crippen molar-refractivity contribution in [3.8, 4) is 0 Å². The fourth-order valence-corrected chi connectivity index (χ4v) is 0.417. The molecule has 1 N–H and O–H groups in total. The van der Waals surface area contributed by atoms with Crippen LogP contribution in [0, 0.1) is 0 Å². The van der Waals surface area contributed by atoms with Crippen LogP contribution in [0.15, 0.2) is 0 Å². The zero-order valence-electron chi connectivity index (χ0n) is 4.78. The molecule has 0 bridgehead atoms. The summed E-state index contributed by atoms with van der Waals surface area (Å²) in [6, 6.07) is 0. The van der Waals surface area contributed by atoms with Crippen molar-refractivity contribution in [3.05, 3.63) is 0 Å². The third kappa shape index (κ3) is 3.71. The van der Waals surface area contributed by atoms with Gasteiger partial charge in [0, 0.05) is 0 Å². The van der Waals surface area contributed by atoms with Gasteiger partial charge in [0.25, 0.3) is 6.43 Å². The first-order chi connectivity index (χ1) is 4.57. The lowest BCUT2D eigenvalue weighted by molar-refractivity contribution is -0.122. The lowest BCUT2D eigenvalue weighted by atomic mass is 10.6. The molecule has 0 aromatic heterocycles. The molecule has 1 amide bonds. The van der Waals surface area contributed by atoms with E-state index in [-0.39, 0.29) is 5.33 Å². The van der Waals surface area contributed by atoms with Crippen molar-refractivity contribution in [2.45, 2.75) is 12.7 Å². The second-order valence-electron chi connectivity index (χ2n) is 1.44. The largest absolute Gasteiger partial charge is 0.321 e. The molecule has 0 aromatic rings. The Bertz CT molecular complexity index is 121. The van der Waals surface area contributed by atoms with Crippen molar-refractivity contribution < 1.29 is 18.0 Å². The second kappa shape index (κ2) is 4.54. The summed E-state index contributed by atoms with van der Waals surface area (Å²) < 4.78 is 34.5. The molecule has 0 aliphatic heterocycles. The highest BCUT2D eigenvalue weighted by atomic mass is 79.9. The molecule has 6 heteroatoms. The van der Waals surface area contributed by atoms with E-state index in [1.54, 1.807) is 0 Å². The van der Waals surface area contributed by atoms with Gasteiger partial charge in [0.15, 0.2) is 0 Å². The van der Waals surface area contributed by atoms with Crippen LogP contribution in [0.2, 0.25) is 0 Å². The van der Waals surface area contributed by atoms with Gasteiger partial charge < -0.3 is 5.32 Å². The van der Waals surface area contributed by atoms with Gasteiger partial charge >= 0.3 is 0 Å². The molecule has 0 saturated heterocycles. The molecule has 1 atom stereocenters. The topological polar surface area (TPSA) is 29.1 Å². The zero-order valence-corrected chi connectivity index (χ0v) is 6.37. The van der Waals surface area contributed by atoms with Crippen molar-refractivity contribution in [1.29, 1.82) is 0 Å². The fraction of sp³-hybridized carbons (Fsp3) is 0.750. The van der Waals surface area contributed by atoms with Gasteiger partial charge in [-0.15, -0.1) is 0 Å². The monoisotopic (exact) mass is 219 g/mol. The van der Waals surface area contributed by atoms with Gasteiger partial charge in [-0.3, -0.25) is 4.79 Å². The zero-order chi connectivity index (χ0) is 8.15. The highest BCUT2D eigenvalue weighted by Gasteiger charge is 2.20. The number of rotatable bonds is 3. The average Bonchev–Trinajstić information content (AvgIpc) is 1.87. The Labute approximate surface area is 63.9 Å². The van der Waals surface area contributed by atoms with E-state index >= 15 is 0 Å². The number of nitrogens with one attached hydrogen (secondary N) is 1. The van der Waals surface area contributed by atoms with Gasteiger partial charge in [0.2, 0.25) is 12.2 Å². The van der Waals surface area contributed by atoms with E-state index in [1.165, 1.54) is 5.32 Å². The van der Waals surface area contributed by atoms with Gasteiger partial charge in [0.05, 0.1) is 5.33 Å². The molecule has 0 aromatic carbocycles. The molecular formula is C4H5BrF3NO. The third-order valence-corrected chi connectivity index (χ3v) is 1.15. The van der Waals surface area contributed by atoms with Crippen LogP contribution in [0.4, 0.5) is 13.2 Å². The molecule has 0 heterocycles. The Balaban J connectivity index is 3.57. The fourth-order valence-electron chi connectivity index (χ4n) is 0.255. The molecule has 60 valence electrons. The van der Waals surface area contributed by atoms with Gasteiger partial charge in [0.1, 0.15) is 0 Å². The Hall–Kier alpha value is -0.260. The SMILES string of the molecule is O=C(CBr)NC(F)C(F)F. The van der Waals surface area contributed by atoms with Crippen molar-refractivity contribution >= 4 is 21.8 Å². The minimum Gasteiger partial charge on any atom is -0.321 e. The standard InChI is InChI=1S/C4H5BrF3NO/c5-1-2(10)9-4(8)3(6)7/h3-4H,1H2,(H,9,10). The summed E-state index contributed by atoms with van der Waals surface area (Å²) in [5.74, 6) is -0.798. The molecular weight excluding hydrogens is 215 g/mol.